The van der Waals surface area contributed by atoms with Crippen molar-refractivity contribution in [2.24, 2.45) is 0 Å². The molecule has 1 atom stereocenters. The molecule has 0 spiro atoms. The Hall–Kier alpha value is -2.28. The van der Waals surface area contributed by atoms with Crippen molar-refractivity contribution in [1.82, 2.24) is 25.0 Å². The topological polar surface area (TPSA) is 63.1 Å². The van der Waals surface area contributed by atoms with Gasteiger partial charge in [0.05, 0.1) is 0 Å². The summed E-state index contributed by atoms with van der Waals surface area (Å²) in [5.74, 6) is -0.637. The zero-order valence-electron chi connectivity index (χ0n) is 11.7. The van der Waals surface area contributed by atoms with Crippen molar-refractivity contribution < 1.29 is 9.18 Å². The molecule has 1 amide bonds. The van der Waals surface area contributed by atoms with Crippen LogP contribution in [0.15, 0.2) is 30.9 Å². The van der Waals surface area contributed by atoms with Crippen molar-refractivity contribution in [3.8, 4) is 5.69 Å². The van der Waals surface area contributed by atoms with E-state index in [1.807, 2.05) is 6.92 Å². The van der Waals surface area contributed by atoms with Gasteiger partial charge in [0.1, 0.15) is 24.2 Å². The Bertz CT molecular complexity index is 643. The summed E-state index contributed by atoms with van der Waals surface area (Å²) in [6.45, 7) is 4.04. The quantitative estimate of drug-likeness (QED) is 0.890. The number of hydrogen-bond donors (Lipinski definition) is 1. The third kappa shape index (κ3) is 2.78. The fourth-order valence-electron chi connectivity index (χ4n) is 2.46. The first-order valence-corrected chi connectivity index (χ1v) is 6.82. The lowest BCUT2D eigenvalue weighted by atomic mass is 10.1. The van der Waals surface area contributed by atoms with Crippen molar-refractivity contribution in [2.75, 3.05) is 19.6 Å². The Morgan fingerprint density at radius 2 is 2.33 bits per heavy atom. The van der Waals surface area contributed by atoms with E-state index in [-0.39, 0.29) is 17.6 Å². The fourth-order valence-corrected chi connectivity index (χ4v) is 2.46. The summed E-state index contributed by atoms with van der Waals surface area (Å²) in [4.78, 5) is 17.9. The minimum Gasteiger partial charge on any atom is -0.336 e. The molecule has 0 aliphatic carbocycles. The van der Waals surface area contributed by atoms with Gasteiger partial charge in [-0.15, -0.1) is 0 Å². The molecule has 21 heavy (non-hydrogen) atoms. The van der Waals surface area contributed by atoms with E-state index in [1.165, 1.54) is 23.4 Å². The number of carbonyl (C=O) groups excluding carboxylic acids is 1. The van der Waals surface area contributed by atoms with Gasteiger partial charge in [0.25, 0.3) is 5.91 Å². The highest BCUT2D eigenvalue weighted by Gasteiger charge is 2.22. The van der Waals surface area contributed by atoms with Gasteiger partial charge in [-0.25, -0.2) is 14.1 Å². The highest BCUT2D eigenvalue weighted by atomic mass is 19.1. The lowest BCUT2D eigenvalue weighted by Gasteiger charge is -2.32. The molecule has 2 heterocycles. The summed E-state index contributed by atoms with van der Waals surface area (Å²) in [5, 5.41) is 7.15. The molecule has 7 heteroatoms. The van der Waals surface area contributed by atoms with Crippen LogP contribution in [-0.4, -0.2) is 51.2 Å². The molecule has 1 aliphatic heterocycles. The van der Waals surface area contributed by atoms with E-state index in [1.54, 1.807) is 17.0 Å². The molecule has 3 rings (SSSR count). The maximum atomic E-state index is 14.1. The van der Waals surface area contributed by atoms with Crippen molar-refractivity contribution in [2.45, 2.75) is 13.0 Å². The minimum absolute atomic E-state index is 0.146. The molecule has 1 saturated heterocycles. The van der Waals surface area contributed by atoms with Gasteiger partial charge in [-0.05, 0) is 25.1 Å². The first kappa shape index (κ1) is 13.7. The Kier molecular flexibility index (Phi) is 3.66. The highest BCUT2D eigenvalue weighted by Crippen LogP contribution is 2.16. The number of carbonyl (C=O) groups is 1. The molecule has 0 unspecified atom stereocenters. The SMILES string of the molecule is C[C@@H]1CN(C(=O)c2ccc(-n3cncn3)c(F)c2)CCN1. The number of rotatable bonds is 2. The molecule has 0 radical (unpaired) electrons. The van der Waals surface area contributed by atoms with E-state index in [0.717, 1.165) is 6.54 Å². The highest BCUT2D eigenvalue weighted by molar-refractivity contribution is 5.94. The molecule has 1 aliphatic rings. The molecule has 0 bridgehead atoms. The molecule has 6 nitrogen and oxygen atoms in total. The zero-order valence-corrected chi connectivity index (χ0v) is 11.7. The van der Waals surface area contributed by atoms with Crippen LogP contribution in [0.3, 0.4) is 0 Å². The van der Waals surface area contributed by atoms with Crippen LogP contribution in [0.1, 0.15) is 17.3 Å². The molecule has 0 saturated carbocycles. The summed E-state index contributed by atoms with van der Waals surface area (Å²) in [6, 6.07) is 4.67. The van der Waals surface area contributed by atoms with Crippen LogP contribution < -0.4 is 5.32 Å². The summed E-state index contributed by atoms with van der Waals surface area (Å²) in [7, 11) is 0. The zero-order chi connectivity index (χ0) is 14.8. The number of amides is 1. The molecule has 2 aromatic rings. The van der Waals surface area contributed by atoms with Crippen molar-refractivity contribution >= 4 is 5.91 Å². The average molecular weight is 289 g/mol. The van der Waals surface area contributed by atoms with Crippen LogP contribution in [0.2, 0.25) is 0 Å². The van der Waals surface area contributed by atoms with E-state index >= 15 is 0 Å². The summed E-state index contributed by atoms with van der Waals surface area (Å²) < 4.78 is 15.5. The largest absolute Gasteiger partial charge is 0.336 e. The fraction of sp³-hybridized carbons (Fsp3) is 0.357. The third-order valence-corrected chi connectivity index (χ3v) is 3.52. The molecule has 1 N–H and O–H groups in total. The first-order chi connectivity index (χ1) is 10.1. The number of piperazine rings is 1. The average Bonchev–Trinajstić information content (AvgIpc) is 3.00. The molecule has 1 fully saturated rings. The Morgan fingerprint density at radius 1 is 1.48 bits per heavy atom. The van der Waals surface area contributed by atoms with Crippen molar-refractivity contribution in [3.05, 3.63) is 42.2 Å². The standard InChI is InChI=1S/C14H16FN5O/c1-10-7-19(5-4-17-10)14(21)11-2-3-13(12(15)6-11)20-9-16-8-18-20/h2-3,6,8-10,17H,4-5,7H2,1H3/t10-/m1/s1. The Labute approximate surface area is 121 Å². The van der Waals surface area contributed by atoms with E-state index in [4.69, 9.17) is 0 Å². The first-order valence-electron chi connectivity index (χ1n) is 6.82. The van der Waals surface area contributed by atoms with Gasteiger partial charge in [0, 0.05) is 31.2 Å². The number of aromatic nitrogens is 3. The van der Waals surface area contributed by atoms with Crippen LogP contribution in [0, 0.1) is 5.82 Å². The van der Waals surface area contributed by atoms with Gasteiger partial charge in [0.15, 0.2) is 0 Å². The second-order valence-electron chi connectivity index (χ2n) is 5.11. The van der Waals surface area contributed by atoms with Gasteiger partial charge >= 0.3 is 0 Å². The monoisotopic (exact) mass is 289 g/mol. The normalized spacial score (nSPS) is 18.8. The van der Waals surface area contributed by atoms with E-state index in [2.05, 4.69) is 15.4 Å². The number of nitrogens with one attached hydrogen (secondary N) is 1. The van der Waals surface area contributed by atoms with Crippen LogP contribution in [0.25, 0.3) is 5.69 Å². The second-order valence-corrected chi connectivity index (χ2v) is 5.11. The smallest absolute Gasteiger partial charge is 0.254 e. The van der Waals surface area contributed by atoms with Crippen LogP contribution in [0.5, 0.6) is 0 Å². The van der Waals surface area contributed by atoms with E-state index in [9.17, 15) is 9.18 Å². The number of halogens is 1. The lowest BCUT2D eigenvalue weighted by molar-refractivity contribution is 0.0708. The van der Waals surface area contributed by atoms with Crippen molar-refractivity contribution in [1.29, 1.82) is 0 Å². The van der Waals surface area contributed by atoms with Crippen LogP contribution in [0.4, 0.5) is 4.39 Å². The number of hydrogen-bond acceptors (Lipinski definition) is 4. The Morgan fingerprint density at radius 3 is 3.00 bits per heavy atom. The molecule has 1 aromatic carbocycles. The van der Waals surface area contributed by atoms with Gasteiger partial charge in [0.2, 0.25) is 0 Å². The number of nitrogens with zero attached hydrogens (tertiary/aromatic N) is 4. The van der Waals surface area contributed by atoms with Gasteiger partial charge in [-0.1, -0.05) is 0 Å². The summed E-state index contributed by atoms with van der Waals surface area (Å²) in [6.07, 6.45) is 2.75. The van der Waals surface area contributed by atoms with Gasteiger partial charge in [-0.3, -0.25) is 4.79 Å². The minimum atomic E-state index is -0.491. The predicted octanol–water partition coefficient (Wildman–Crippen LogP) is 0.840. The molecule has 110 valence electrons. The summed E-state index contributed by atoms with van der Waals surface area (Å²) >= 11 is 0. The number of benzene rings is 1. The van der Waals surface area contributed by atoms with Gasteiger partial charge in [-0.2, -0.15) is 5.10 Å². The molecule has 1 aromatic heterocycles. The maximum Gasteiger partial charge on any atom is 0.254 e. The van der Waals surface area contributed by atoms with Crippen molar-refractivity contribution in [3.63, 3.8) is 0 Å². The Balaban J connectivity index is 1.83. The van der Waals surface area contributed by atoms with Crippen LogP contribution in [-0.2, 0) is 0 Å². The van der Waals surface area contributed by atoms with Crippen LogP contribution >= 0.6 is 0 Å². The second kappa shape index (κ2) is 5.61. The van der Waals surface area contributed by atoms with E-state index < -0.39 is 5.82 Å². The molecular formula is C14H16FN5O. The lowest BCUT2D eigenvalue weighted by Crippen LogP contribution is -2.51. The summed E-state index contributed by atoms with van der Waals surface area (Å²) in [5.41, 5.74) is 0.628. The molecular weight excluding hydrogens is 273 g/mol. The maximum absolute atomic E-state index is 14.1. The van der Waals surface area contributed by atoms with Gasteiger partial charge < -0.3 is 10.2 Å². The van der Waals surface area contributed by atoms with E-state index in [0.29, 0.717) is 18.7 Å². The predicted molar refractivity (Wildman–Crippen MR) is 74.7 cm³/mol. The third-order valence-electron chi connectivity index (χ3n) is 3.52.